The van der Waals surface area contributed by atoms with E-state index in [2.05, 4.69) is 30.0 Å². The van der Waals surface area contributed by atoms with Crippen molar-refractivity contribution in [3.8, 4) is 23.0 Å². The van der Waals surface area contributed by atoms with Crippen LogP contribution in [0.3, 0.4) is 0 Å². The van der Waals surface area contributed by atoms with Crippen molar-refractivity contribution in [2.75, 3.05) is 24.3 Å². The van der Waals surface area contributed by atoms with E-state index in [1.165, 1.54) is 31.6 Å². The number of nitrogens with zero attached hydrogens (tertiary/aromatic N) is 4. The highest BCUT2D eigenvalue weighted by molar-refractivity contribution is 5.86. The van der Waals surface area contributed by atoms with Gasteiger partial charge in [0.05, 0.1) is 35.2 Å². The average Bonchev–Trinajstić information content (AvgIpc) is 3.33. The Bertz CT molecular complexity index is 2950. The topological polar surface area (TPSA) is 166 Å². The van der Waals surface area contributed by atoms with E-state index in [0.717, 1.165) is 5.39 Å². The van der Waals surface area contributed by atoms with Crippen molar-refractivity contribution in [1.29, 1.82) is 0 Å². The maximum atomic E-state index is 15.1. The van der Waals surface area contributed by atoms with Gasteiger partial charge in [0.25, 0.3) is 0 Å². The molecule has 0 spiro atoms. The fourth-order valence-corrected chi connectivity index (χ4v) is 5.93. The molecule has 22 heteroatoms. The third-order valence-corrected chi connectivity index (χ3v) is 8.95. The number of benzene rings is 4. The standard InChI is InChI=1S/C23H17F4N3O2.C9H3F7O2.C9H7NO.C5H6N2/c1-2-32-23-18(26)16(24)15(17(25)19(23)27)21(30-13-6-4-9-28-11-13)14-8-7-12-5-3-10-29-20(12)22(14)31;10-4-3(1-17)5(11)7(13)8(6(4)12)18-2-9(14,15)16;11-8-5-1-3-7-4-2-6-10-9(7)8;6-5-2-1-3-7-4-5/h3-11,21,30-31H,2H2,1H3;1H,2H2;1-6,11H;1-4H,6H2. The van der Waals surface area contributed by atoms with Crippen molar-refractivity contribution in [1.82, 2.24) is 19.9 Å². The van der Waals surface area contributed by atoms with Gasteiger partial charge in [0, 0.05) is 53.5 Å². The third kappa shape index (κ3) is 12.1. The number of nitrogens with two attached hydrogens (primary N) is 1. The monoisotopic (exact) mass is 958 g/mol. The lowest BCUT2D eigenvalue weighted by Crippen LogP contribution is -2.21. The molecule has 1 unspecified atom stereocenters. The van der Waals surface area contributed by atoms with Crippen LogP contribution in [0.25, 0.3) is 21.8 Å². The molecule has 1 atom stereocenters. The van der Waals surface area contributed by atoms with E-state index in [-0.39, 0.29) is 23.4 Å². The maximum absolute atomic E-state index is 15.1. The van der Waals surface area contributed by atoms with Crippen LogP contribution in [0.1, 0.15) is 34.5 Å². The van der Waals surface area contributed by atoms with Gasteiger partial charge in [-0.25, -0.2) is 17.6 Å². The molecule has 0 saturated carbocycles. The molecular formula is C46H33F11N6O5. The second-order valence-electron chi connectivity index (χ2n) is 13.5. The first kappa shape index (κ1) is 50.7. The molecule has 8 rings (SSSR count). The summed E-state index contributed by atoms with van der Waals surface area (Å²) in [6, 6.07) is 20.6. The van der Waals surface area contributed by atoms with E-state index in [4.69, 9.17) is 10.5 Å². The number of anilines is 2. The summed E-state index contributed by atoms with van der Waals surface area (Å²) in [7, 11) is 0. The van der Waals surface area contributed by atoms with Crippen molar-refractivity contribution in [3.05, 3.63) is 179 Å². The zero-order valence-electron chi connectivity index (χ0n) is 34.7. The largest absolute Gasteiger partial charge is 0.506 e. The number of phenolic OH excluding ortho intramolecular Hbond substituents is 2. The summed E-state index contributed by atoms with van der Waals surface area (Å²) in [6.07, 6.45) is 3.79. The molecule has 4 heterocycles. The summed E-state index contributed by atoms with van der Waals surface area (Å²) in [4.78, 5) is 26.0. The first-order valence-electron chi connectivity index (χ1n) is 19.3. The Balaban J connectivity index is 0.000000199. The Labute approximate surface area is 377 Å². The van der Waals surface area contributed by atoms with Crippen LogP contribution in [0.5, 0.6) is 23.0 Å². The number of phenols is 2. The van der Waals surface area contributed by atoms with Crippen LogP contribution in [-0.2, 0) is 0 Å². The minimum absolute atomic E-state index is 0.0409. The number of fused-ring (bicyclic) bond motifs is 2. The van der Waals surface area contributed by atoms with Crippen LogP contribution in [0.4, 0.5) is 59.7 Å². The van der Waals surface area contributed by atoms with Gasteiger partial charge in [0.15, 0.2) is 47.7 Å². The molecule has 4 aromatic heterocycles. The van der Waals surface area contributed by atoms with Gasteiger partial charge in [0.1, 0.15) is 22.5 Å². The Morgan fingerprint density at radius 2 is 1.18 bits per heavy atom. The molecular weight excluding hydrogens is 926 g/mol. The number of ether oxygens (including phenoxy) is 2. The molecule has 0 aliphatic carbocycles. The van der Waals surface area contributed by atoms with Gasteiger partial charge in [-0.15, -0.1) is 0 Å². The number of halogens is 11. The van der Waals surface area contributed by atoms with Gasteiger partial charge in [-0.2, -0.15) is 30.7 Å². The van der Waals surface area contributed by atoms with Crippen LogP contribution < -0.4 is 20.5 Å². The van der Waals surface area contributed by atoms with Crippen molar-refractivity contribution >= 4 is 39.5 Å². The summed E-state index contributed by atoms with van der Waals surface area (Å²) < 4.78 is 155. The van der Waals surface area contributed by atoms with E-state index in [1.807, 2.05) is 18.2 Å². The molecule has 4 aromatic carbocycles. The number of rotatable bonds is 9. The Morgan fingerprint density at radius 3 is 1.68 bits per heavy atom. The number of aromatic nitrogens is 4. The number of para-hydroxylation sites is 1. The molecule has 0 fully saturated rings. The second kappa shape index (κ2) is 22.7. The minimum atomic E-state index is -4.95. The first-order valence-corrected chi connectivity index (χ1v) is 19.3. The van der Waals surface area contributed by atoms with Crippen LogP contribution >= 0.6 is 0 Å². The van der Waals surface area contributed by atoms with E-state index in [9.17, 15) is 54.5 Å². The van der Waals surface area contributed by atoms with Gasteiger partial charge in [-0.3, -0.25) is 24.7 Å². The number of nitrogen functional groups attached to an aromatic ring is 1. The average molecular weight is 959 g/mol. The molecule has 0 amide bonds. The molecule has 354 valence electrons. The van der Waals surface area contributed by atoms with Gasteiger partial charge < -0.3 is 30.7 Å². The number of nitrogens with one attached hydrogen (secondary N) is 1. The van der Waals surface area contributed by atoms with E-state index in [1.54, 1.807) is 73.2 Å². The zero-order valence-corrected chi connectivity index (χ0v) is 34.7. The Morgan fingerprint density at radius 1 is 0.647 bits per heavy atom. The molecule has 0 aliphatic rings. The normalized spacial score (nSPS) is 11.2. The predicted octanol–water partition coefficient (Wildman–Crippen LogP) is 11.1. The number of hydrogen-bond donors (Lipinski definition) is 4. The van der Waals surface area contributed by atoms with Crippen molar-refractivity contribution < 1.29 is 72.8 Å². The summed E-state index contributed by atoms with van der Waals surface area (Å²) in [6.45, 7) is -0.907. The quantitative estimate of drug-likeness (QED) is 0.0618. The minimum Gasteiger partial charge on any atom is -0.506 e. The fraction of sp³-hybridized carbons (Fsp3) is 0.109. The fourth-order valence-electron chi connectivity index (χ4n) is 5.93. The molecule has 0 aliphatic heterocycles. The lowest BCUT2D eigenvalue weighted by atomic mass is 9.94. The first-order chi connectivity index (χ1) is 32.4. The SMILES string of the molecule is CCOc1c(F)c(F)c(C(Nc2cccnc2)c2ccc3cccnc3c2O)c(F)c1F.Nc1cccnc1.O=Cc1c(F)c(F)c(OCC(F)(F)F)c(F)c1F.Oc1cccc2cccnc12. The molecule has 8 aromatic rings. The maximum Gasteiger partial charge on any atom is 0.422 e. The van der Waals surface area contributed by atoms with Gasteiger partial charge in [-0.05, 0) is 49.4 Å². The number of hydrogen-bond acceptors (Lipinski definition) is 11. The predicted molar refractivity (Wildman–Crippen MR) is 226 cm³/mol. The molecule has 11 nitrogen and oxygen atoms in total. The summed E-state index contributed by atoms with van der Waals surface area (Å²) in [5.41, 5.74) is 4.56. The number of carbonyl (C=O) groups excluding carboxylic acids is 1. The number of aromatic hydroxyl groups is 2. The van der Waals surface area contributed by atoms with Crippen molar-refractivity contribution in [3.63, 3.8) is 0 Å². The lowest BCUT2D eigenvalue weighted by Gasteiger charge is -2.24. The molecule has 5 N–H and O–H groups in total. The van der Waals surface area contributed by atoms with Crippen LogP contribution in [0.15, 0.2) is 116 Å². The summed E-state index contributed by atoms with van der Waals surface area (Å²) in [5.74, 6) is -18.5. The molecule has 0 bridgehead atoms. The Hall–Kier alpha value is -8.30. The van der Waals surface area contributed by atoms with Gasteiger partial charge in [-0.1, -0.05) is 36.4 Å². The number of carbonyl (C=O) groups is 1. The highest BCUT2D eigenvalue weighted by Crippen LogP contribution is 2.41. The number of pyridine rings is 4. The lowest BCUT2D eigenvalue weighted by molar-refractivity contribution is -0.154. The summed E-state index contributed by atoms with van der Waals surface area (Å²) >= 11 is 0. The van der Waals surface area contributed by atoms with Crippen LogP contribution in [0.2, 0.25) is 0 Å². The molecule has 0 saturated heterocycles. The van der Waals surface area contributed by atoms with E-state index in [0.29, 0.717) is 22.3 Å². The van der Waals surface area contributed by atoms with E-state index < -0.39 is 100 Å². The zero-order chi connectivity index (χ0) is 49.7. The van der Waals surface area contributed by atoms with Crippen molar-refractivity contribution in [2.45, 2.75) is 19.1 Å². The van der Waals surface area contributed by atoms with Gasteiger partial charge >= 0.3 is 6.18 Å². The highest BCUT2D eigenvalue weighted by atomic mass is 19.4. The Kier molecular flexibility index (Phi) is 17.0. The molecule has 0 radical (unpaired) electrons. The van der Waals surface area contributed by atoms with Crippen molar-refractivity contribution in [2.24, 2.45) is 0 Å². The number of aldehydes is 1. The van der Waals surface area contributed by atoms with E-state index >= 15 is 8.78 Å². The molecule has 68 heavy (non-hydrogen) atoms. The van der Waals surface area contributed by atoms with Gasteiger partial charge in [0.2, 0.25) is 23.3 Å². The third-order valence-electron chi connectivity index (χ3n) is 8.95. The highest BCUT2D eigenvalue weighted by Gasteiger charge is 2.34. The summed E-state index contributed by atoms with van der Waals surface area (Å²) in [5, 5.41) is 24.5. The number of alkyl halides is 3. The van der Waals surface area contributed by atoms with Crippen LogP contribution in [0, 0.1) is 46.5 Å². The smallest absolute Gasteiger partial charge is 0.422 e. The van der Waals surface area contributed by atoms with Crippen LogP contribution in [-0.4, -0.2) is 55.8 Å². The second-order valence-corrected chi connectivity index (χ2v) is 13.5.